The molecule has 1 aliphatic carbocycles. The summed E-state index contributed by atoms with van der Waals surface area (Å²) in [5, 5.41) is 0. The van der Waals surface area contributed by atoms with Crippen molar-refractivity contribution in [3.8, 4) is 11.1 Å². The highest BCUT2D eigenvalue weighted by atomic mass is 15.2. The lowest BCUT2D eigenvalue weighted by Gasteiger charge is -2.39. The van der Waals surface area contributed by atoms with Crippen LogP contribution in [-0.2, 0) is 19.3 Å². The number of hydrogen-bond donors (Lipinski definition) is 0. The summed E-state index contributed by atoms with van der Waals surface area (Å²) >= 11 is 0. The highest BCUT2D eigenvalue weighted by Gasteiger charge is 2.36. The first kappa shape index (κ1) is 14.6. The van der Waals surface area contributed by atoms with Crippen LogP contribution in [0.4, 0.5) is 17.1 Å². The third-order valence-corrected chi connectivity index (χ3v) is 6.52. The Morgan fingerprint density at radius 3 is 2.43 bits per heavy atom. The quantitative estimate of drug-likeness (QED) is 0.334. The molecule has 2 nitrogen and oxygen atoms in total. The maximum Gasteiger partial charge on any atom is 0.0688 e. The summed E-state index contributed by atoms with van der Waals surface area (Å²) in [6, 6.07) is 24.5. The van der Waals surface area contributed by atoms with Gasteiger partial charge in [-0.25, -0.2) is 0 Å². The van der Waals surface area contributed by atoms with E-state index >= 15 is 0 Å². The first-order valence-electron chi connectivity index (χ1n) is 9.96. The number of benzene rings is 3. The van der Waals surface area contributed by atoms with Crippen LogP contribution < -0.4 is 4.90 Å². The molecule has 0 unspecified atom stereocenters. The molecule has 3 aromatic carbocycles. The number of anilines is 3. The zero-order valence-electron chi connectivity index (χ0n) is 15.4. The summed E-state index contributed by atoms with van der Waals surface area (Å²) in [7, 11) is 0. The molecule has 2 heteroatoms. The van der Waals surface area contributed by atoms with E-state index in [0.717, 1.165) is 19.3 Å². The fraction of sp³-hybridized carbons (Fsp3) is 0.115. The normalized spacial score (nSPS) is 14.6. The van der Waals surface area contributed by atoms with Gasteiger partial charge in [0.1, 0.15) is 0 Å². The Balaban J connectivity index is 1.60. The Kier molecular flexibility index (Phi) is 2.67. The van der Waals surface area contributed by atoms with E-state index in [1.165, 1.54) is 61.7 Å². The number of fused-ring (bicyclic) bond motifs is 8. The Morgan fingerprint density at radius 2 is 1.46 bits per heavy atom. The molecule has 0 amide bonds. The summed E-state index contributed by atoms with van der Waals surface area (Å²) in [6.45, 7) is 0. The van der Waals surface area contributed by atoms with Gasteiger partial charge in [-0.15, -0.1) is 0 Å². The topological polar surface area (TPSA) is 16.1 Å². The van der Waals surface area contributed by atoms with Gasteiger partial charge in [-0.2, -0.15) is 0 Å². The molecule has 3 aliphatic rings. The third kappa shape index (κ3) is 1.75. The smallest absolute Gasteiger partial charge is 0.0688 e. The van der Waals surface area contributed by atoms with Gasteiger partial charge in [-0.3, -0.25) is 4.98 Å². The maximum atomic E-state index is 4.78. The lowest BCUT2D eigenvalue weighted by molar-refractivity contribution is 0.969. The summed E-state index contributed by atoms with van der Waals surface area (Å²) in [6.07, 6.45) is 4.89. The minimum Gasteiger partial charge on any atom is -0.308 e. The molecule has 0 fully saturated rings. The lowest BCUT2D eigenvalue weighted by atomic mass is 9.83. The second-order valence-electron chi connectivity index (χ2n) is 8.02. The van der Waals surface area contributed by atoms with Crippen LogP contribution in [0.15, 0.2) is 72.9 Å². The van der Waals surface area contributed by atoms with E-state index in [9.17, 15) is 0 Å². The molecule has 0 saturated carbocycles. The minimum atomic E-state index is 0.911. The lowest BCUT2D eigenvalue weighted by Crippen LogP contribution is -2.25. The van der Waals surface area contributed by atoms with Crippen LogP contribution >= 0.6 is 0 Å². The molecule has 2 aliphatic heterocycles. The average molecular weight is 358 g/mol. The molecule has 28 heavy (non-hydrogen) atoms. The SMILES string of the molecule is c1ccc2c(c1)Cc1cc3c4c(c1-2)Cc1ncccc1N4c1ccccc1C3. The van der Waals surface area contributed by atoms with Crippen LogP contribution in [0, 0.1) is 0 Å². The Bertz CT molecular complexity index is 1290. The minimum absolute atomic E-state index is 0.911. The van der Waals surface area contributed by atoms with Crippen molar-refractivity contribution in [1.82, 2.24) is 4.98 Å². The molecular formula is C26H18N2. The summed E-state index contributed by atoms with van der Waals surface area (Å²) in [5.41, 5.74) is 15.2. The van der Waals surface area contributed by atoms with Gasteiger partial charge in [0.05, 0.1) is 17.1 Å². The van der Waals surface area contributed by atoms with E-state index < -0.39 is 0 Å². The van der Waals surface area contributed by atoms with Crippen molar-refractivity contribution in [2.45, 2.75) is 19.3 Å². The molecular weight excluding hydrogens is 340 g/mol. The van der Waals surface area contributed by atoms with Gasteiger partial charge in [0.15, 0.2) is 0 Å². The van der Waals surface area contributed by atoms with Gasteiger partial charge in [-0.05, 0) is 63.6 Å². The van der Waals surface area contributed by atoms with Crippen LogP contribution in [0.25, 0.3) is 11.1 Å². The van der Waals surface area contributed by atoms with Crippen molar-refractivity contribution in [3.05, 3.63) is 106 Å². The van der Waals surface area contributed by atoms with Crippen molar-refractivity contribution in [1.29, 1.82) is 0 Å². The predicted octanol–water partition coefficient (Wildman–Crippen LogP) is 5.93. The number of aromatic nitrogens is 1. The van der Waals surface area contributed by atoms with Gasteiger partial charge < -0.3 is 4.90 Å². The average Bonchev–Trinajstić information content (AvgIpc) is 3.11. The second-order valence-corrected chi connectivity index (χ2v) is 8.02. The van der Waals surface area contributed by atoms with E-state index in [0.29, 0.717) is 0 Å². The van der Waals surface area contributed by atoms with E-state index in [1.807, 2.05) is 6.20 Å². The van der Waals surface area contributed by atoms with Crippen LogP contribution in [0.2, 0.25) is 0 Å². The number of hydrogen-bond acceptors (Lipinski definition) is 2. The standard InChI is InChI=1S/C26H18N2/c1-3-8-20-16(6-1)12-18-14-19-13-17-7-2-4-9-23(17)28-24-10-5-11-27-22(24)15-21(25(18)20)26(19)28/h1-11,14H,12-13,15H2. The van der Waals surface area contributed by atoms with Crippen molar-refractivity contribution in [3.63, 3.8) is 0 Å². The Morgan fingerprint density at radius 1 is 0.679 bits per heavy atom. The molecule has 3 heterocycles. The van der Waals surface area contributed by atoms with E-state index in [-0.39, 0.29) is 0 Å². The Hall–Kier alpha value is -3.39. The van der Waals surface area contributed by atoms with Crippen LogP contribution in [-0.4, -0.2) is 4.98 Å². The zero-order chi connectivity index (χ0) is 18.2. The van der Waals surface area contributed by atoms with Crippen molar-refractivity contribution >= 4 is 17.1 Å². The highest BCUT2D eigenvalue weighted by Crippen LogP contribution is 2.54. The molecule has 0 spiro atoms. The van der Waals surface area contributed by atoms with Crippen molar-refractivity contribution in [2.24, 2.45) is 0 Å². The fourth-order valence-corrected chi connectivity index (χ4v) is 5.43. The highest BCUT2D eigenvalue weighted by molar-refractivity contribution is 5.95. The van der Waals surface area contributed by atoms with Gasteiger partial charge in [0, 0.05) is 24.7 Å². The van der Waals surface area contributed by atoms with E-state index in [4.69, 9.17) is 4.98 Å². The molecule has 0 atom stereocenters. The third-order valence-electron chi connectivity index (χ3n) is 6.52. The Labute approximate surface area is 164 Å². The fourth-order valence-electron chi connectivity index (χ4n) is 5.43. The summed E-state index contributed by atoms with van der Waals surface area (Å²) < 4.78 is 0. The van der Waals surface area contributed by atoms with Gasteiger partial charge in [0.25, 0.3) is 0 Å². The molecule has 7 rings (SSSR count). The van der Waals surface area contributed by atoms with E-state index in [2.05, 4.69) is 71.6 Å². The molecule has 0 bridgehead atoms. The number of rotatable bonds is 0. The monoisotopic (exact) mass is 358 g/mol. The van der Waals surface area contributed by atoms with Gasteiger partial charge in [0.2, 0.25) is 0 Å². The molecule has 132 valence electrons. The summed E-state index contributed by atoms with van der Waals surface area (Å²) in [4.78, 5) is 7.25. The van der Waals surface area contributed by atoms with Crippen LogP contribution in [0.1, 0.15) is 33.5 Å². The largest absolute Gasteiger partial charge is 0.308 e. The molecule has 0 N–H and O–H groups in total. The van der Waals surface area contributed by atoms with Gasteiger partial charge >= 0.3 is 0 Å². The second kappa shape index (κ2) is 5.11. The summed E-state index contributed by atoms with van der Waals surface area (Å²) in [5.74, 6) is 0. The first-order valence-corrected chi connectivity index (χ1v) is 9.96. The van der Waals surface area contributed by atoms with Crippen molar-refractivity contribution in [2.75, 3.05) is 4.90 Å². The molecule has 1 aromatic heterocycles. The number of nitrogens with zero attached hydrogens (tertiary/aromatic N) is 2. The van der Waals surface area contributed by atoms with E-state index in [1.54, 1.807) is 0 Å². The molecule has 0 radical (unpaired) electrons. The maximum absolute atomic E-state index is 4.78. The number of para-hydroxylation sites is 1. The van der Waals surface area contributed by atoms with Gasteiger partial charge in [-0.1, -0.05) is 48.5 Å². The predicted molar refractivity (Wildman–Crippen MR) is 113 cm³/mol. The molecule has 0 saturated heterocycles. The molecule has 4 aromatic rings. The van der Waals surface area contributed by atoms with Crippen LogP contribution in [0.5, 0.6) is 0 Å². The van der Waals surface area contributed by atoms with Crippen molar-refractivity contribution < 1.29 is 0 Å². The van der Waals surface area contributed by atoms with Crippen LogP contribution in [0.3, 0.4) is 0 Å². The number of pyridine rings is 1. The zero-order valence-corrected chi connectivity index (χ0v) is 15.4. The first-order chi connectivity index (χ1) is 13.9.